The number of aliphatic hydroxyl groups is 1. The normalized spacial score (nSPS) is 19.4. The highest BCUT2D eigenvalue weighted by atomic mass is 32.1. The summed E-state index contributed by atoms with van der Waals surface area (Å²) in [5.74, 6) is -0.301. The number of aryl methyl sites for hydroxylation is 1. The Labute approximate surface area is 176 Å². The van der Waals surface area contributed by atoms with Gasteiger partial charge in [0.1, 0.15) is 6.04 Å². The summed E-state index contributed by atoms with van der Waals surface area (Å²) >= 11 is 1.61. The first kappa shape index (κ1) is 21.5. The van der Waals surface area contributed by atoms with Crippen molar-refractivity contribution >= 4 is 23.2 Å². The fraction of sp³-hybridized carbons (Fsp3) is 0.500. The van der Waals surface area contributed by atoms with Crippen LogP contribution in [0.4, 0.5) is 0 Å². The molecule has 2 heterocycles. The van der Waals surface area contributed by atoms with E-state index in [0.29, 0.717) is 13.0 Å². The lowest BCUT2D eigenvalue weighted by atomic mass is 9.91. The van der Waals surface area contributed by atoms with Crippen molar-refractivity contribution in [2.45, 2.75) is 59.2 Å². The molecule has 1 aromatic carbocycles. The molecule has 2 atom stereocenters. The lowest BCUT2D eigenvalue weighted by Crippen LogP contribution is -2.46. The number of benzene rings is 1. The van der Waals surface area contributed by atoms with Crippen LogP contribution < -0.4 is 5.32 Å². The van der Waals surface area contributed by atoms with E-state index in [4.69, 9.17) is 0 Å². The van der Waals surface area contributed by atoms with Crippen LogP contribution in [0.2, 0.25) is 0 Å². The molecule has 2 amide bonds. The maximum atomic E-state index is 12.7. The number of rotatable bonds is 5. The maximum Gasteiger partial charge on any atom is 0.243 e. The fourth-order valence-electron chi connectivity index (χ4n) is 3.55. The molecular weight excluding hydrogens is 386 g/mol. The molecule has 2 N–H and O–H groups in total. The Balaban J connectivity index is 1.60. The van der Waals surface area contributed by atoms with Crippen LogP contribution in [0.5, 0.6) is 0 Å². The molecule has 0 spiro atoms. The van der Waals surface area contributed by atoms with Crippen molar-refractivity contribution in [3.63, 3.8) is 0 Å². The van der Waals surface area contributed by atoms with Gasteiger partial charge < -0.3 is 15.3 Å². The van der Waals surface area contributed by atoms with Crippen molar-refractivity contribution in [1.82, 2.24) is 15.2 Å². The lowest BCUT2D eigenvalue weighted by Gasteiger charge is -2.27. The number of nitrogens with zero attached hydrogens (tertiary/aromatic N) is 2. The van der Waals surface area contributed by atoms with Gasteiger partial charge in [-0.1, -0.05) is 45.0 Å². The molecular formula is C22H29N3O3S. The van der Waals surface area contributed by atoms with E-state index in [0.717, 1.165) is 21.7 Å². The average molecular weight is 416 g/mol. The molecule has 1 aliphatic heterocycles. The Bertz CT molecular complexity index is 870. The summed E-state index contributed by atoms with van der Waals surface area (Å²) in [5.41, 5.74) is 4.77. The van der Waals surface area contributed by atoms with Crippen molar-refractivity contribution < 1.29 is 14.7 Å². The summed E-state index contributed by atoms with van der Waals surface area (Å²) in [6, 6.07) is 7.42. The maximum absolute atomic E-state index is 12.7. The first-order valence-corrected chi connectivity index (χ1v) is 10.8. The molecule has 0 bridgehead atoms. The van der Waals surface area contributed by atoms with Gasteiger partial charge in [-0.05, 0) is 23.5 Å². The zero-order valence-electron chi connectivity index (χ0n) is 17.4. The molecule has 0 radical (unpaired) electrons. The van der Waals surface area contributed by atoms with Crippen molar-refractivity contribution in [2.75, 3.05) is 6.54 Å². The Hall–Kier alpha value is -2.25. The molecule has 29 heavy (non-hydrogen) atoms. The topological polar surface area (TPSA) is 82.5 Å². The van der Waals surface area contributed by atoms with Crippen molar-refractivity contribution in [3.8, 4) is 10.4 Å². The Kier molecular flexibility index (Phi) is 6.39. The highest BCUT2D eigenvalue weighted by molar-refractivity contribution is 7.13. The first-order chi connectivity index (χ1) is 13.6. The van der Waals surface area contributed by atoms with E-state index >= 15 is 0 Å². The predicted octanol–water partition coefficient (Wildman–Crippen LogP) is 3.13. The van der Waals surface area contributed by atoms with E-state index in [1.165, 1.54) is 4.90 Å². The number of hydrogen-bond acceptors (Lipinski definition) is 5. The van der Waals surface area contributed by atoms with Crippen LogP contribution in [0.15, 0.2) is 29.8 Å². The van der Waals surface area contributed by atoms with Gasteiger partial charge in [-0.3, -0.25) is 9.59 Å². The minimum atomic E-state index is -0.656. The van der Waals surface area contributed by atoms with E-state index in [1.807, 2.05) is 57.5 Å². The predicted molar refractivity (Wildman–Crippen MR) is 114 cm³/mol. The van der Waals surface area contributed by atoms with Gasteiger partial charge in [0.2, 0.25) is 11.8 Å². The van der Waals surface area contributed by atoms with E-state index in [1.54, 1.807) is 11.3 Å². The number of amides is 2. The summed E-state index contributed by atoms with van der Waals surface area (Å²) < 4.78 is 0. The largest absolute Gasteiger partial charge is 0.391 e. The van der Waals surface area contributed by atoms with Gasteiger partial charge in [-0.15, -0.1) is 11.3 Å². The van der Waals surface area contributed by atoms with Crippen LogP contribution in [0.25, 0.3) is 10.4 Å². The number of nitrogens with one attached hydrogen (secondary N) is 1. The van der Waals surface area contributed by atoms with Gasteiger partial charge in [-0.2, -0.15) is 0 Å². The molecule has 3 rings (SSSR count). The Morgan fingerprint density at radius 2 is 1.97 bits per heavy atom. The molecule has 0 aliphatic carbocycles. The van der Waals surface area contributed by atoms with E-state index in [2.05, 4.69) is 10.3 Å². The molecule has 7 heteroatoms. The summed E-state index contributed by atoms with van der Waals surface area (Å²) in [6.07, 6.45) is -0.0237. The van der Waals surface area contributed by atoms with Crippen LogP contribution >= 0.6 is 11.3 Å². The van der Waals surface area contributed by atoms with Gasteiger partial charge >= 0.3 is 0 Å². The first-order valence-electron chi connectivity index (χ1n) is 9.89. The van der Waals surface area contributed by atoms with E-state index in [9.17, 15) is 14.7 Å². The fourth-order valence-corrected chi connectivity index (χ4v) is 4.36. The van der Waals surface area contributed by atoms with Gasteiger partial charge in [0.25, 0.3) is 0 Å². The molecule has 1 saturated heterocycles. The number of thiazole rings is 1. The summed E-state index contributed by atoms with van der Waals surface area (Å²) in [6.45, 7) is 8.56. The Morgan fingerprint density at radius 3 is 2.55 bits per heavy atom. The number of aliphatic hydroxyl groups excluding tert-OH is 1. The SMILES string of the molecule is Cc1ncsc1-c1ccc(CNC(=O)[C@@H]2C[C@H](O)CN2C(=O)CC(C)(C)C)cc1. The Morgan fingerprint density at radius 1 is 1.28 bits per heavy atom. The molecule has 0 unspecified atom stereocenters. The van der Waals surface area contributed by atoms with Gasteiger partial charge in [0, 0.05) is 25.9 Å². The number of hydrogen-bond donors (Lipinski definition) is 2. The average Bonchev–Trinajstić information content (AvgIpc) is 3.24. The molecule has 2 aromatic rings. The van der Waals surface area contributed by atoms with Crippen LogP contribution in [0.1, 0.15) is 44.9 Å². The van der Waals surface area contributed by atoms with E-state index in [-0.39, 0.29) is 30.2 Å². The highest BCUT2D eigenvalue weighted by Crippen LogP contribution is 2.27. The number of carbonyl (C=O) groups is 2. The monoisotopic (exact) mass is 415 g/mol. The lowest BCUT2D eigenvalue weighted by molar-refractivity contribution is -0.140. The molecule has 1 fully saturated rings. The molecule has 156 valence electrons. The second-order valence-corrected chi connectivity index (χ2v) is 9.73. The standard InChI is InChI=1S/C22H29N3O3S/c1-14-20(29-13-24-14)16-7-5-15(6-8-16)11-23-21(28)18-9-17(26)12-25(18)19(27)10-22(2,3)4/h5-8,13,17-18,26H,9-12H2,1-4H3,(H,23,28)/t17-,18-/m0/s1. The molecule has 0 saturated carbocycles. The zero-order chi connectivity index (χ0) is 21.2. The molecule has 1 aromatic heterocycles. The van der Waals surface area contributed by atoms with Crippen LogP contribution in [0, 0.1) is 12.3 Å². The van der Waals surface area contributed by atoms with Crippen molar-refractivity contribution in [2.24, 2.45) is 5.41 Å². The molecule has 6 nitrogen and oxygen atoms in total. The van der Waals surface area contributed by atoms with Crippen molar-refractivity contribution in [1.29, 1.82) is 0 Å². The second-order valence-electron chi connectivity index (χ2n) is 8.87. The van der Waals surface area contributed by atoms with E-state index < -0.39 is 12.1 Å². The molecule has 1 aliphatic rings. The highest BCUT2D eigenvalue weighted by Gasteiger charge is 2.39. The van der Waals surface area contributed by atoms with Crippen LogP contribution in [-0.2, 0) is 16.1 Å². The third-order valence-electron chi connectivity index (χ3n) is 5.01. The quantitative estimate of drug-likeness (QED) is 0.786. The minimum Gasteiger partial charge on any atom is -0.391 e. The third-order valence-corrected chi connectivity index (χ3v) is 5.99. The summed E-state index contributed by atoms with van der Waals surface area (Å²) in [5, 5.41) is 12.9. The van der Waals surface area contributed by atoms with Crippen molar-refractivity contribution in [3.05, 3.63) is 41.0 Å². The van der Waals surface area contributed by atoms with Gasteiger partial charge in [0.05, 0.1) is 22.2 Å². The van der Waals surface area contributed by atoms with Gasteiger partial charge in [0.15, 0.2) is 0 Å². The number of aromatic nitrogens is 1. The summed E-state index contributed by atoms with van der Waals surface area (Å²) in [7, 11) is 0. The minimum absolute atomic E-state index is 0.0847. The van der Waals surface area contributed by atoms with Gasteiger partial charge in [-0.25, -0.2) is 4.98 Å². The smallest absolute Gasteiger partial charge is 0.243 e. The number of β-amino-alcohol motifs (C(OH)–C–C–N with tert-alkyl or cyclic N) is 1. The number of likely N-dealkylation sites (tertiary alicyclic amines) is 1. The third kappa shape index (κ3) is 5.42. The zero-order valence-corrected chi connectivity index (χ0v) is 18.3. The van der Waals surface area contributed by atoms with Crippen LogP contribution in [0.3, 0.4) is 0 Å². The second kappa shape index (κ2) is 8.63. The number of carbonyl (C=O) groups excluding carboxylic acids is 2. The van der Waals surface area contributed by atoms with Crippen LogP contribution in [-0.4, -0.2) is 45.5 Å². The summed E-state index contributed by atoms with van der Waals surface area (Å²) in [4.78, 5) is 32.3.